The van der Waals surface area contributed by atoms with Crippen molar-refractivity contribution in [3.63, 3.8) is 0 Å². The van der Waals surface area contributed by atoms with Gasteiger partial charge in [0.2, 0.25) is 0 Å². The molecule has 0 spiro atoms. The van der Waals surface area contributed by atoms with Crippen LogP contribution in [0.25, 0.3) is 11.3 Å². The molecule has 0 radical (unpaired) electrons. The summed E-state index contributed by atoms with van der Waals surface area (Å²) in [6.07, 6.45) is 4.25. The van der Waals surface area contributed by atoms with Crippen LogP contribution in [0, 0.1) is 0 Å². The van der Waals surface area contributed by atoms with Gasteiger partial charge in [-0.2, -0.15) is 0 Å². The van der Waals surface area contributed by atoms with E-state index in [9.17, 15) is 9.59 Å². The number of hydrogen-bond donors (Lipinski definition) is 2. The lowest BCUT2D eigenvalue weighted by Crippen LogP contribution is -2.26. The smallest absolute Gasteiger partial charge is 0.270 e. The number of amides is 2. The molecule has 122 valence electrons. The van der Waals surface area contributed by atoms with E-state index in [1.54, 1.807) is 18.2 Å². The zero-order valence-electron chi connectivity index (χ0n) is 13.3. The molecule has 2 aliphatic rings. The van der Waals surface area contributed by atoms with E-state index in [1.165, 1.54) is 0 Å². The Hall–Kier alpha value is -2.69. The molecule has 2 N–H and O–H groups in total. The Balaban J connectivity index is 1.50. The van der Waals surface area contributed by atoms with Crippen molar-refractivity contribution >= 4 is 11.8 Å². The first-order chi connectivity index (χ1) is 11.7. The molecule has 2 saturated carbocycles. The molecule has 0 bridgehead atoms. The molecule has 2 aromatic rings. The fourth-order valence-electron chi connectivity index (χ4n) is 2.50. The molecule has 5 heteroatoms. The number of nitrogens with one attached hydrogen (secondary N) is 2. The summed E-state index contributed by atoms with van der Waals surface area (Å²) in [7, 11) is 0. The minimum atomic E-state index is -0.125. The SMILES string of the molecule is O=C(NC1CC1)c1ccc(-c2cccc(C(=O)NC3CC3)n2)cc1. The normalized spacial score (nSPS) is 16.5. The van der Waals surface area contributed by atoms with Crippen LogP contribution in [0.1, 0.15) is 46.5 Å². The summed E-state index contributed by atoms with van der Waals surface area (Å²) in [6.45, 7) is 0. The summed E-state index contributed by atoms with van der Waals surface area (Å²) in [4.78, 5) is 28.6. The predicted molar refractivity (Wildman–Crippen MR) is 90.6 cm³/mol. The van der Waals surface area contributed by atoms with E-state index in [2.05, 4.69) is 15.6 Å². The van der Waals surface area contributed by atoms with E-state index < -0.39 is 0 Å². The molecule has 2 aliphatic carbocycles. The van der Waals surface area contributed by atoms with Crippen LogP contribution in [0.2, 0.25) is 0 Å². The molecular formula is C19H19N3O2. The molecular weight excluding hydrogens is 302 g/mol. The molecule has 4 rings (SSSR count). The average molecular weight is 321 g/mol. The van der Waals surface area contributed by atoms with Gasteiger partial charge < -0.3 is 10.6 Å². The second-order valence-corrected chi connectivity index (χ2v) is 6.48. The Bertz CT molecular complexity index is 777. The maximum atomic E-state index is 12.1. The van der Waals surface area contributed by atoms with Gasteiger partial charge in [-0.05, 0) is 49.9 Å². The van der Waals surface area contributed by atoms with E-state index in [0.717, 1.165) is 36.9 Å². The van der Waals surface area contributed by atoms with Gasteiger partial charge in [0.05, 0.1) is 5.69 Å². The van der Waals surface area contributed by atoms with Crippen LogP contribution in [0.4, 0.5) is 0 Å². The molecule has 0 unspecified atom stereocenters. The van der Waals surface area contributed by atoms with Crippen LogP contribution in [0.5, 0.6) is 0 Å². The third kappa shape index (κ3) is 3.45. The number of pyridine rings is 1. The van der Waals surface area contributed by atoms with Crippen molar-refractivity contribution in [3.05, 3.63) is 53.7 Å². The predicted octanol–water partition coefficient (Wildman–Crippen LogP) is 2.53. The molecule has 1 aromatic heterocycles. The van der Waals surface area contributed by atoms with Gasteiger partial charge in [0.25, 0.3) is 11.8 Å². The number of hydrogen-bond acceptors (Lipinski definition) is 3. The number of nitrogens with zero attached hydrogens (tertiary/aromatic N) is 1. The van der Waals surface area contributed by atoms with Crippen molar-refractivity contribution in [2.45, 2.75) is 37.8 Å². The first-order valence-corrected chi connectivity index (χ1v) is 8.38. The van der Waals surface area contributed by atoms with Gasteiger partial charge in [-0.15, -0.1) is 0 Å². The lowest BCUT2D eigenvalue weighted by Gasteiger charge is -2.07. The van der Waals surface area contributed by atoms with Crippen LogP contribution >= 0.6 is 0 Å². The molecule has 0 saturated heterocycles. The second-order valence-electron chi connectivity index (χ2n) is 6.48. The van der Waals surface area contributed by atoms with Crippen molar-refractivity contribution in [1.82, 2.24) is 15.6 Å². The lowest BCUT2D eigenvalue weighted by molar-refractivity contribution is 0.0940. The Morgan fingerprint density at radius 3 is 2.08 bits per heavy atom. The summed E-state index contributed by atoms with van der Waals surface area (Å²) >= 11 is 0. The summed E-state index contributed by atoms with van der Waals surface area (Å²) in [5, 5.41) is 5.91. The highest BCUT2D eigenvalue weighted by Crippen LogP contribution is 2.22. The number of carbonyl (C=O) groups is 2. The highest BCUT2D eigenvalue weighted by atomic mass is 16.2. The maximum absolute atomic E-state index is 12.1. The third-order valence-corrected chi connectivity index (χ3v) is 4.25. The van der Waals surface area contributed by atoms with Gasteiger partial charge >= 0.3 is 0 Å². The standard InChI is InChI=1S/C19H19N3O2/c23-18(20-14-8-9-14)13-6-4-12(5-7-13)16-2-1-3-17(22-16)19(24)21-15-10-11-15/h1-7,14-15H,8-11H2,(H,20,23)(H,21,24). The number of rotatable bonds is 5. The fraction of sp³-hybridized carbons (Fsp3) is 0.316. The van der Waals surface area contributed by atoms with Crippen molar-refractivity contribution in [2.24, 2.45) is 0 Å². The number of aromatic nitrogens is 1. The van der Waals surface area contributed by atoms with E-state index in [-0.39, 0.29) is 11.8 Å². The minimum Gasteiger partial charge on any atom is -0.349 e. The van der Waals surface area contributed by atoms with Crippen molar-refractivity contribution < 1.29 is 9.59 Å². The largest absolute Gasteiger partial charge is 0.349 e. The third-order valence-electron chi connectivity index (χ3n) is 4.25. The molecule has 1 aromatic carbocycles. The Kier molecular flexibility index (Phi) is 3.76. The number of benzene rings is 1. The molecule has 1 heterocycles. The maximum Gasteiger partial charge on any atom is 0.270 e. The van der Waals surface area contributed by atoms with Crippen LogP contribution in [-0.2, 0) is 0 Å². The Morgan fingerprint density at radius 1 is 0.833 bits per heavy atom. The highest BCUT2D eigenvalue weighted by Gasteiger charge is 2.25. The average Bonchev–Trinajstić information content (AvgIpc) is 3.52. The molecule has 5 nitrogen and oxygen atoms in total. The van der Waals surface area contributed by atoms with Gasteiger partial charge in [0.15, 0.2) is 0 Å². The molecule has 0 aliphatic heterocycles. The first kappa shape index (κ1) is 14.9. The van der Waals surface area contributed by atoms with Gasteiger partial charge in [0, 0.05) is 23.2 Å². The molecule has 0 atom stereocenters. The van der Waals surface area contributed by atoms with E-state index in [1.807, 2.05) is 24.3 Å². The van der Waals surface area contributed by atoms with Crippen LogP contribution in [0.3, 0.4) is 0 Å². The summed E-state index contributed by atoms with van der Waals surface area (Å²) in [5.74, 6) is -0.158. The van der Waals surface area contributed by atoms with Crippen LogP contribution in [-0.4, -0.2) is 28.9 Å². The lowest BCUT2D eigenvalue weighted by atomic mass is 10.1. The van der Waals surface area contributed by atoms with Crippen molar-refractivity contribution in [3.8, 4) is 11.3 Å². The Morgan fingerprint density at radius 2 is 1.46 bits per heavy atom. The monoisotopic (exact) mass is 321 g/mol. The van der Waals surface area contributed by atoms with Gasteiger partial charge in [-0.1, -0.05) is 18.2 Å². The molecule has 2 amide bonds. The van der Waals surface area contributed by atoms with Gasteiger partial charge in [0.1, 0.15) is 5.69 Å². The summed E-state index contributed by atoms with van der Waals surface area (Å²) < 4.78 is 0. The van der Waals surface area contributed by atoms with Crippen LogP contribution < -0.4 is 10.6 Å². The fourth-order valence-corrected chi connectivity index (χ4v) is 2.50. The first-order valence-electron chi connectivity index (χ1n) is 8.38. The topological polar surface area (TPSA) is 71.1 Å². The second kappa shape index (κ2) is 6.07. The summed E-state index contributed by atoms with van der Waals surface area (Å²) in [6, 6.07) is 13.4. The highest BCUT2D eigenvalue weighted by molar-refractivity contribution is 5.95. The minimum absolute atomic E-state index is 0.0328. The van der Waals surface area contributed by atoms with Gasteiger partial charge in [-0.3, -0.25) is 9.59 Å². The van der Waals surface area contributed by atoms with Gasteiger partial charge in [-0.25, -0.2) is 4.98 Å². The van der Waals surface area contributed by atoms with E-state index in [4.69, 9.17) is 0 Å². The van der Waals surface area contributed by atoms with Crippen molar-refractivity contribution in [1.29, 1.82) is 0 Å². The number of carbonyl (C=O) groups excluding carboxylic acids is 2. The zero-order chi connectivity index (χ0) is 16.5. The quantitative estimate of drug-likeness (QED) is 0.889. The zero-order valence-corrected chi connectivity index (χ0v) is 13.3. The molecule has 2 fully saturated rings. The summed E-state index contributed by atoms with van der Waals surface area (Å²) in [5.41, 5.74) is 2.69. The Labute approximate surface area is 140 Å². The van der Waals surface area contributed by atoms with E-state index >= 15 is 0 Å². The van der Waals surface area contributed by atoms with Crippen molar-refractivity contribution in [2.75, 3.05) is 0 Å². The molecule has 24 heavy (non-hydrogen) atoms. The van der Waals surface area contributed by atoms with Crippen LogP contribution in [0.15, 0.2) is 42.5 Å². The van der Waals surface area contributed by atoms with E-state index in [0.29, 0.717) is 23.3 Å².